The topological polar surface area (TPSA) is 6.48 Å². The average Bonchev–Trinajstić information content (AvgIpc) is 3.23. The monoisotopic (exact) mass is 656 g/mol. The molecule has 12 rings (SSSR count). The van der Waals surface area contributed by atoms with Crippen LogP contribution in [0, 0.1) is 0 Å². The lowest BCUT2D eigenvalue weighted by Gasteiger charge is -2.49. The molecule has 238 valence electrons. The smallest absolute Gasteiger partial charge is 0.329 e. The molecule has 4 aliphatic rings. The quantitative estimate of drug-likeness (QED) is 0.171. The highest BCUT2D eigenvalue weighted by molar-refractivity contribution is 6.97. The molecule has 0 saturated carbocycles. The summed E-state index contributed by atoms with van der Waals surface area (Å²) in [6.45, 7) is 0.116. The molecule has 0 amide bonds. The molecule has 4 heteroatoms. The summed E-state index contributed by atoms with van der Waals surface area (Å²) in [7, 11) is 0. The molecule has 0 spiro atoms. The summed E-state index contributed by atoms with van der Waals surface area (Å²) in [5.74, 6) is 0. The van der Waals surface area contributed by atoms with Crippen molar-refractivity contribution in [3.8, 4) is 55.6 Å². The number of rotatable bonds is 2. The Bertz CT molecular complexity index is 2580. The van der Waals surface area contributed by atoms with Gasteiger partial charge >= 0.3 is 13.7 Å². The van der Waals surface area contributed by atoms with E-state index in [-0.39, 0.29) is 13.7 Å². The minimum atomic E-state index is 0.0327. The van der Waals surface area contributed by atoms with Crippen molar-refractivity contribution in [3.63, 3.8) is 0 Å². The molecule has 0 atom stereocenters. The van der Waals surface area contributed by atoms with Gasteiger partial charge in [0.25, 0.3) is 0 Å². The van der Waals surface area contributed by atoms with Gasteiger partial charge in [-0.3, -0.25) is 0 Å². The second-order valence-electron chi connectivity index (χ2n) is 14.4. The molecule has 0 aliphatic carbocycles. The van der Waals surface area contributed by atoms with E-state index in [1.807, 2.05) is 0 Å². The minimum absolute atomic E-state index is 0.0327. The number of hydrogen-bond donors (Lipinski definition) is 0. The Hall–Kier alpha value is -6.51. The van der Waals surface area contributed by atoms with Crippen molar-refractivity contribution in [2.45, 2.75) is 0 Å². The van der Waals surface area contributed by atoms with Crippen molar-refractivity contribution in [2.75, 3.05) is 9.62 Å². The number of benzene rings is 8. The van der Waals surface area contributed by atoms with Gasteiger partial charge in [0, 0.05) is 39.4 Å². The van der Waals surface area contributed by atoms with E-state index in [2.05, 4.69) is 192 Å². The van der Waals surface area contributed by atoms with Gasteiger partial charge < -0.3 is 9.62 Å². The van der Waals surface area contributed by atoms with E-state index in [0.29, 0.717) is 0 Å². The first-order valence-electron chi connectivity index (χ1n) is 18.3. The highest BCUT2D eigenvalue weighted by Crippen LogP contribution is 2.53. The molecule has 52 heavy (non-hydrogen) atoms. The van der Waals surface area contributed by atoms with Crippen molar-refractivity contribution < 1.29 is 0 Å². The van der Waals surface area contributed by atoms with Crippen molar-refractivity contribution in [1.82, 2.24) is 0 Å². The van der Waals surface area contributed by atoms with Crippen LogP contribution in [0.5, 0.6) is 0 Å². The average molecular weight is 656 g/mol. The lowest BCUT2D eigenvalue weighted by atomic mass is 9.37. The van der Waals surface area contributed by atoms with E-state index >= 15 is 0 Å². The van der Waals surface area contributed by atoms with Crippen LogP contribution in [0.4, 0.5) is 22.7 Å². The third-order valence-electron chi connectivity index (χ3n) is 11.8. The predicted octanol–water partition coefficient (Wildman–Crippen LogP) is 9.16. The van der Waals surface area contributed by atoms with Crippen LogP contribution in [-0.2, 0) is 0 Å². The molecule has 0 unspecified atom stereocenters. The van der Waals surface area contributed by atoms with Gasteiger partial charge in [0.2, 0.25) is 0 Å². The van der Waals surface area contributed by atoms with Crippen molar-refractivity contribution >= 4 is 58.3 Å². The Balaban J connectivity index is 1.16. The molecule has 0 radical (unpaired) electrons. The fraction of sp³-hybridized carbons (Fsp3) is 0. The maximum Gasteiger partial charge on any atom is 0.329 e. The molecule has 0 N–H and O–H groups in total. The molecular formula is C48H30B2N2. The van der Waals surface area contributed by atoms with Crippen LogP contribution in [0.2, 0.25) is 0 Å². The summed E-state index contributed by atoms with van der Waals surface area (Å²) >= 11 is 0. The lowest BCUT2D eigenvalue weighted by Crippen LogP contribution is -2.65. The fourth-order valence-electron chi connectivity index (χ4n) is 9.73. The SMILES string of the molecule is c1ccc(-c2ccc3c(c2)-c2cc(-c4ccccc4)ccc2N2B3c3cccc4c3-c3c(cccc32)N2B4c3ccccc3-c3ccccc32)cc1. The standard InChI is InChI=1S/C48H30B2N2/c1-3-13-31(14-4-1)33-25-27-40-37(29-33)38-30-34(32-15-5-2-6-16-32)26-28-44(38)52-46-24-12-23-45-48(46)47-41(20-11-21-42(47)50(40)52)49-39-19-9-7-17-35(39)36-18-8-10-22-43(36)51(45)49/h1-30H. The van der Waals surface area contributed by atoms with E-state index < -0.39 is 0 Å². The van der Waals surface area contributed by atoms with Crippen molar-refractivity contribution in [1.29, 1.82) is 0 Å². The summed E-state index contributed by atoms with van der Waals surface area (Å²) in [6, 6.07) is 67.9. The Labute approximate surface area is 304 Å². The van der Waals surface area contributed by atoms with Gasteiger partial charge in [0.05, 0.1) is 0 Å². The van der Waals surface area contributed by atoms with Crippen LogP contribution in [0.15, 0.2) is 182 Å². The molecule has 8 aromatic rings. The normalized spacial score (nSPS) is 13.6. The molecule has 0 saturated heterocycles. The number of hydrogen-bond acceptors (Lipinski definition) is 2. The molecule has 8 aromatic carbocycles. The Kier molecular flexibility index (Phi) is 5.70. The van der Waals surface area contributed by atoms with Gasteiger partial charge in [-0.1, -0.05) is 146 Å². The van der Waals surface area contributed by atoms with Gasteiger partial charge in [-0.15, -0.1) is 0 Å². The van der Waals surface area contributed by atoms with Crippen molar-refractivity contribution in [2.24, 2.45) is 0 Å². The molecular weight excluding hydrogens is 626 g/mol. The second kappa shape index (κ2) is 10.5. The van der Waals surface area contributed by atoms with Gasteiger partial charge in [0.15, 0.2) is 0 Å². The minimum Gasteiger partial charge on any atom is -0.376 e. The first kappa shape index (κ1) is 28.2. The fourth-order valence-corrected chi connectivity index (χ4v) is 9.73. The zero-order valence-corrected chi connectivity index (χ0v) is 28.4. The highest BCUT2D eigenvalue weighted by Gasteiger charge is 2.49. The summed E-state index contributed by atoms with van der Waals surface area (Å²) < 4.78 is 0. The van der Waals surface area contributed by atoms with Gasteiger partial charge in [-0.2, -0.15) is 0 Å². The second-order valence-corrected chi connectivity index (χ2v) is 14.4. The lowest BCUT2D eigenvalue weighted by molar-refractivity contribution is 1.30. The van der Waals surface area contributed by atoms with E-state index in [4.69, 9.17) is 0 Å². The van der Waals surface area contributed by atoms with Crippen LogP contribution in [0.1, 0.15) is 0 Å². The third kappa shape index (κ3) is 3.71. The summed E-state index contributed by atoms with van der Waals surface area (Å²) in [5, 5.41) is 0. The Morgan fingerprint density at radius 1 is 0.269 bits per heavy atom. The number of anilines is 4. The van der Waals surface area contributed by atoms with E-state index in [9.17, 15) is 0 Å². The maximum atomic E-state index is 2.64. The Morgan fingerprint density at radius 2 is 0.750 bits per heavy atom. The zero-order valence-electron chi connectivity index (χ0n) is 28.4. The summed E-state index contributed by atoms with van der Waals surface area (Å²) in [4.78, 5) is 5.26. The van der Waals surface area contributed by atoms with Crippen LogP contribution in [0.25, 0.3) is 55.6 Å². The largest absolute Gasteiger partial charge is 0.376 e. The summed E-state index contributed by atoms with van der Waals surface area (Å²) in [5.41, 5.74) is 23.4. The highest BCUT2D eigenvalue weighted by atomic mass is 15.1. The first-order chi connectivity index (χ1) is 25.8. The van der Waals surface area contributed by atoms with Crippen LogP contribution in [-0.4, -0.2) is 13.7 Å². The Morgan fingerprint density at radius 3 is 1.44 bits per heavy atom. The molecule has 0 aromatic heterocycles. The van der Waals surface area contributed by atoms with E-state index in [0.717, 1.165) is 0 Å². The van der Waals surface area contributed by atoms with Crippen LogP contribution in [0.3, 0.4) is 0 Å². The number of fused-ring (bicyclic) bond motifs is 16. The van der Waals surface area contributed by atoms with Crippen LogP contribution < -0.4 is 31.5 Å². The molecule has 4 aliphatic heterocycles. The molecule has 4 heterocycles. The number of para-hydroxylation sites is 1. The summed E-state index contributed by atoms with van der Waals surface area (Å²) in [6.07, 6.45) is 0. The van der Waals surface area contributed by atoms with Gasteiger partial charge in [0.1, 0.15) is 0 Å². The predicted molar refractivity (Wildman–Crippen MR) is 221 cm³/mol. The van der Waals surface area contributed by atoms with E-state index in [1.165, 1.54) is 100 Å². The molecule has 2 nitrogen and oxygen atoms in total. The molecule has 0 fully saturated rings. The first-order valence-corrected chi connectivity index (χ1v) is 18.3. The van der Waals surface area contributed by atoms with E-state index in [1.54, 1.807) is 0 Å². The van der Waals surface area contributed by atoms with Crippen LogP contribution >= 0.6 is 0 Å². The molecule has 0 bridgehead atoms. The zero-order chi connectivity index (χ0) is 33.9. The number of nitrogens with zero attached hydrogens (tertiary/aromatic N) is 2. The van der Waals surface area contributed by atoms with Gasteiger partial charge in [-0.25, -0.2) is 0 Å². The van der Waals surface area contributed by atoms with Gasteiger partial charge in [-0.05, 0) is 97.2 Å². The maximum absolute atomic E-state index is 2.64. The third-order valence-corrected chi connectivity index (χ3v) is 11.8. The van der Waals surface area contributed by atoms with Crippen molar-refractivity contribution in [3.05, 3.63) is 182 Å².